The first kappa shape index (κ1) is 14.9. The number of nitrogens with one attached hydrogen (secondary N) is 1. The topological polar surface area (TPSA) is 39.7 Å². The van der Waals surface area contributed by atoms with Gasteiger partial charge in [0, 0.05) is 20.3 Å². The monoisotopic (exact) mass is 245 g/mol. The first-order valence-electron chi connectivity index (χ1n) is 6.68. The van der Waals surface area contributed by atoms with Crippen LogP contribution in [0.25, 0.3) is 0 Å². The van der Waals surface area contributed by atoms with E-state index in [-0.39, 0.29) is 5.60 Å². The zero-order valence-corrected chi connectivity index (χ0v) is 11.3. The molecular weight excluding hydrogens is 218 g/mol. The summed E-state index contributed by atoms with van der Waals surface area (Å²) in [7, 11) is 3.69. The summed E-state index contributed by atoms with van der Waals surface area (Å²) in [5.74, 6) is 0. The van der Waals surface area contributed by atoms with Crippen LogP contribution in [-0.2, 0) is 14.2 Å². The van der Waals surface area contributed by atoms with Gasteiger partial charge in [-0.15, -0.1) is 0 Å². The van der Waals surface area contributed by atoms with E-state index >= 15 is 0 Å². The summed E-state index contributed by atoms with van der Waals surface area (Å²) in [6.45, 7) is 3.99. The van der Waals surface area contributed by atoms with E-state index in [9.17, 15) is 0 Å². The molecule has 1 aliphatic rings. The fraction of sp³-hybridized carbons (Fsp3) is 1.00. The van der Waals surface area contributed by atoms with E-state index in [4.69, 9.17) is 14.2 Å². The normalized spacial score (nSPS) is 18.0. The molecule has 0 amide bonds. The zero-order valence-electron chi connectivity index (χ0n) is 11.3. The van der Waals surface area contributed by atoms with Gasteiger partial charge in [-0.2, -0.15) is 0 Å². The molecule has 102 valence electrons. The number of rotatable bonds is 11. The third-order valence-electron chi connectivity index (χ3n) is 3.37. The number of methoxy groups -OCH3 is 1. The number of hydrogen-bond donors (Lipinski definition) is 1. The molecule has 4 nitrogen and oxygen atoms in total. The molecule has 0 spiro atoms. The molecular formula is C13H27NO3. The molecule has 0 atom stereocenters. The maximum Gasteiger partial charge on any atom is 0.0700 e. The van der Waals surface area contributed by atoms with Crippen molar-refractivity contribution in [2.45, 2.75) is 37.7 Å². The van der Waals surface area contributed by atoms with Gasteiger partial charge in [0.25, 0.3) is 0 Å². The van der Waals surface area contributed by atoms with Crippen LogP contribution < -0.4 is 5.32 Å². The molecule has 1 aliphatic carbocycles. The summed E-state index contributed by atoms with van der Waals surface area (Å²) in [6, 6.07) is 0. The van der Waals surface area contributed by atoms with E-state index in [2.05, 4.69) is 5.32 Å². The summed E-state index contributed by atoms with van der Waals surface area (Å²) in [4.78, 5) is 0. The van der Waals surface area contributed by atoms with Gasteiger partial charge < -0.3 is 19.5 Å². The Morgan fingerprint density at radius 2 is 1.94 bits per heavy atom. The highest BCUT2D eigenvalue weighted by molar-refractivity contribution is 4.90. The predicted octanol–water partition coefficient (Wildman–Crippen LogP) is 1.59. The molecule has 1 N–H and O–H groups in total. The second-order valence-corrected chi connectivity index (χ2v) is 4.70. The third kappa shape index (κ3) is 5.82. The minimum Gasteiger partial charge on any atom is -0.382 e. The van der Waals surface area contributed by atoms with Crippen molar-refractivity contribution >= 4 is 0 Å². The molecule has 1 rings (SSSR count). The van der Waals surface area contributed by atoms with Crippen molar-refractivity contribution in [2.75, 3.05) is 47.1 Å². The summed E-state index contributed by atoms with van der Waals surface area (Å²) >= 11 is 0. The minimum atomic E-state index is 0.176. The van der Waals surface area contributed by atoms with Crippen LogP contribution in [0.2, 0.25) is 0 Å². The molecule has 0 heterocycles. The van der Waals surface area contributed by atoms with Crippen LogP contribution in [0.1, 0.15) is 32.1 Å². The maximum absolute atomic E-state index is 6.02. The van der Waals surface area contributed by atoms with Gasteiger partial charge >= 0.3 is 0 Å². The van der Waals surface area contributed by atoms with Crippen molar-refractivity contribution < 1.29 is 14.2 Å². The molecule has 0 saturated heterocycles. The summed E-state index contributed by atoms with van der Waals surface area (Å²) in [5.41, 5.74) is 0.176. The molecule has 17 heavy (non-hydrogen) atoms. The third-order valence-corrected chi connectivity index (χ3v) is 3.37. The summed E-state index contributed by atoms with van der Waals surface area (Å²) < 4.78 is 16.3. The van der Waals surface area contributed by atoms with E-state index in [1.54, 1.807) is 7.11 Å². The van der Waals surface area contributed by atoms with Gasteiger partial charge in [-0.05, 0) is 45.7 Å². The van der Waals surface area contributed by atoms with Gasteiger partial charge in [0.15, 0.2) is 0 Å². The smallest absolute Gasteiger partial charge is 0.0700 e. The second kappa shape index (κ2) is 8.86. The van der Waals surface area contributed by atoms with E-state index in [0.29, 0.717) is 13.2 Å². The van der Waals surface area contributed by atoms with Crippen molar-refractivity contribution in [3.63, 3.8) is 0 Å². The second-order valence-electron chi connectivity index (χ2n) is 4.70. The Morgan fingerprint density at radius 1 is 1.12 bits per heavy atom. The Bertz CT molecular complexity index is 184. The maximum atomic E-state index is 6.02. The highest BCUT2D eigenvalue weighted by Crippen LogP contribution is 2.38. The molecule has 1 fully saturated rings. The Hall–Kier alpha value is -0.160. The largest absolute Gasteiger partial charge is 0.382 e. The lowest BCUT2D eigenvalue weighted by Crippen LogP contribution is -2.42. The van der Waals surface area contributed by atoms with Crippen LogP contribution in [0.5, 0.6) is 0 Å². The van der Waals surface area contributed by atoms with Crippen LogP contribution in [0.4, 0.5) is 0 Å². The SMILES string of the molecule is CNCCC1(OCCCOCCOC)CCC1. The van der Waals surface area contributed by atoms with E-state index in [1.807, 2.05) is 7.05 Å². The molecule has 0 aliphatic heterocycles. The van der Waals surface area contributed by atoms with Crippen LogP contribution in [0.3, 0.4) is 0 Å². The molecule has 1 saturated carbocycles. The lowest BCUT2D eigenvalue weighted by Gasteiger charge is -2.42. The van der Waals surface area contributed by atoms with Crippen molar-refractivity contribution in [3.05, 3.63) is 0 Å². The molecule has 0 aromatic heterocycles. The molecule has 0 unspecified atom stereocenters. The highest BCUT2D eigenvalue weighted by Gasteiger charge is 2.36. The molecule has 0 bridgehead atoms. The predicted molar refractivity (Wildman–Crippen MR) is 68.4 cm³/mol. The van der Waals surface area contributed by atoms with Gasteiger partial charge in [-0.25, -0.2) is 0 Å². The average molecular weight is 245 g/mol. The van der Waals surface area contributed by atoms with E-state index in [1.165, 1.54) is 19.3 Å². The Kier molecular flexibility index (Phi) is 7.77. The quantitative estimate of drug-likeness (QED) is 0.561. The van der Waals surface area contributed by atoms with Crippen molar-refractivity contribution in [3.8, 4) is 0 Å². The van der Waals surface area contributed by atoms with Gasteiger partial charge in [0.2, 0.25) is 0 Å². The molecule has 0 aromatic carbocycles. The number of hydrogen-bond acceptors (Lipinski definition) is 4. The average Bonchev–Trinajstić information content (AvgIpc) is 2.30. The van der Waals surface area contributed by atoms with Crippen LogP contribution in [-0.4, -0.2) is 52.7 Å². The van der Waals surface area contributed by atoms with Crippen LogP contribution >= 0.6 is 0 Å². The first-order valence-corrected chi connectivity index (χ1v) is 6.68. The molecule has 4 heteroatoms. The fourth-order valence-corrected chi connectivity index (χ4v) is 2.08. The Morgan fingerprint density at radius 3 is 2.53 bits per heavy atom. The van der Waals surface area contributed by atoms with Crippen molar-refractivity contribution in [1.29, 1.82) is 0 Å². The van der Waals surface area contributed by atoms with Gasteiger partial charge in [-0.3, -0.25) is 0 Å². The van der Waals surface area contributed by atoms with Crippen LogP contribution in [0.15, 0.2) is 0 Å². The molecule has 0 radical (unpaired) electrons. The summed E-state index contributed by atoms with van der Waals surface area (Å²) in [5, 5.41) is 3.20. The summed E-state index contributed by atoms with van der Waals surface area (Å²) in [6.07, 6.45) is 5.87. The van der Waals surface area contributed by atoms with Crippen molar-refractivity contribution in [2.24, 2.45) is 0 Å². The van der Waals surface area contributed by atoms with E-state index < -0.39 is 0 Å². The minimum absolute atomic E-state index is 0.176. The van der Waals surface area contributed by atoms with Gasteiger partial charge in [0.1, 0.15) is 0 Å². The van der Waals surface area contributed by atoms with Crippen LogP contribution in [0, 0.1) is 0 Å². The van der Waals surface area contributed by atoms with Gasteiger partial charge in [-0.1, -0.05) is 0 Å². The zero-order chi connectivity index (χ0) is 12.4. The van der Waals surface area contributed by atoms with E-state index in [0.717, 1.165) is 32.6 Å². The first-order chi connectivity index (χ1) is 8.33. The highest BCUT2D eigenvalue weighted by atomic mass is 16.5. The number of ether oxygens (including phenoxy) is 3. The lowest BCUT2D eigenvalue weighted by molar-refractivity contribution is -0.108. The Labute approximate surface area is 105 Å². The lowest BCUT2D eigenvalue weighted by atomic mass is 9.77. The van der Waals surface area contributed by atoms with Crippen molar-refractivity contribution in [1.82, 2.24) is 5.32 Å². The van der Waals surface area contributed by atoms with Gasteiger partial charge in [0.05, 0.1) is 18.8 Å². The Balaban J connectivity index is 1.96. The standard InChI is InChI=1S/C13H27NO3/c1-14-8-7-13(5-3-6-13)17-10-4-9-16-12-11-15-2/h14H,3-12H2,1-2H3. The fourth-order valence-electron chi connectivity index (χ4n) is 2.08. The molecule has 0 aromatic rings.